The van der Waals surface area contributed by atoms with Crippen LogP contribution in [0.4, 0.5) is 0 Å². The molecule has 5 rings (SSSR count). The van der Waals surface area contributed by atoms with Gasteiger partial charge in [0.15, 0.2) is 0 Å². The summed E-state index contributed by atoms with van der Waals surface area (Å²) in [5, 5.41) is 14.4. The Bertz CT molecular complexity index is 1170. The third kappa shape index (κ3) is 4.03. The van der Waals surface area contributed by atoms with Crippen LogP contribution in [-0.2, 0) is 25.9 Å². The normalized spacial score (nSPS) is 13.1. The molecule has 4 aromatic rings. The fourth-order valence-electron chi connectivity index (χ4n) is 4.04. The van der Waals surface area contributed by atoms with Gasteiger partial charge in [0.1, 0.15) is 12.4 Å². The van der Waals surface area contributed by atoms with Crippen LogP contribution in [0.25, 0.3) is 22.6 Å². The van der Waals surface area contributed by atoms with Gasteiger partial charge in [0.25, 0.3) is 0 Å². The summed E-state index contributed by atoms with van der Waals surface area (Å²) in [5.74, 6) is 1.53. The van der Waals surface area contributed by atoms with E-state index in [-0.39, 0.29) is 0 Å². The highest BCUT2D eigenvalue weighted by atomic mass is 16.5. The Morgan fingerprint density at radius 2 is 1.90 bits per heavy atom. The average Bonchev–Trinajstić information content (AvgIpc) is 3.37. The molecule has 0 saturated carbocycles. The van der Waals surface area contributed by atoms with Crippen molar-refractivity contribution in [3.05, 3.63) is 71.2 Å². The molecule has 0 unspecified atom stereocenters. The van der Waals surface area contributed by atoms with Crippen LogP contribution < -0.4 is 4.74 Å². The van der Waals surface area contributed by atoms with Crippen molar-refractivity contribution < 1.29 is 4.74 Å². The third-order valence-corrected chi connectivity index (χ3v) is 5.68. The van der Waals surface area contributed by atoms with Gasteiger partial charge < -0.3 is 4.74 Å². The van der Waals surface area contributed by atoms with Crippen LogP contribution in [-0.4, -0.2) is 30.6 Å². The minimum absolute atomic E-state index is 0.485. The minimum atomic E-state index is 0.485. The van der Waals surface area contributed by atoms with Gasteiger partial charge in [0.2, 0.25) is 5.82 Å². The van der Waals surface area contributed by atoms with Gasteiger partial charge in [-0.15, -0.1) is 10.2 Å². The molecule has 1 aliphatic carbocycles. The smallest absolute Gasteiger partial charge is 0.205 e. The van der Waals surface area contributed by atoms with Crippen molar-refractivity contribution in [3.63, 3.8) is 0 Å². The Labute approximate surface area is 180 Å². The molecule has 7 nitrogen and oxygen atoms in total. The first-order valence-corrected chi connectivity index (χ1v) is 10.7. The number of pyridine rings is 2. The lowest BCUT2D eigenvalue weighted by molar-refractivity contribution is 0.300. The maximum Gasteiger partial charge on any atom is 0.205 e. The van der Waals surface area contributed by atoms with Crippen molar-refractivity contribution in [1.82, 2.24) is 30.6 Å². The van der Waals surface area contributed by atoms with Gasteiger partial charge in [0.05, 0.1) is 5.69 Å². The summed E-state index contributed by atoms with van der Waals surface area (Å²) >= 11 is 0. The highest BCUT2D eigenvalue weighted by Crippen LogP contribution is 2.31. The van der Waals surface area contributed by atoms with E-state index in [0.29, 0.717) is 12.4 Å². The summed E-state index contributed by atoms with van der Waals surface area (Å²) in [6, 6.07) is 14.1. The molecule has 0 saturated heterocycles. The number of aromatic nitrogens is 6. The number of hydrogen-bond acceptors (Lipinski definition) is 6. The molecule has 31 heavy (non-hydrogen) atoms. The lowest BCUT2D eigenvalue weighted by Gasteiger charge is -2.20. The van der Waals surface area contributed by atoms with Crippen LogP contribution in [0.15, 0.2) is 48.7 Å². The maximum absolute atomic E-state index is 6.25. The molecule has 7 heteroatoms. The van der Waals surface area contributed by atoms with E-state index >= 15 is 0 Å². The molecule has 0 fully saturated rings. The zero-order chi connectivity index (χ0) is 21.0. The fraction of sp³-hybridized carbons (Fsp3) is 0.292. The average molecular weight is 412 g/mol. The zero-order valence-corrected chi connectivity index (χ0v) is 17.5. The van der Waals surface area contributed by atoms with E-state index in [2.05, 4.69) is 44.7 Å². The van der Waals surface area contributed by atoms with Crippen LogP contribution >= 0.6 is 0 Å². The third-order valence-electron chi connectivity index (χ3n) is 5.68. The number of ether oxygens (including phenoxy) is 1. The molecule has 1 aliphatic rings. The maximum atomic E-state index is 6.25. The molecule has 3 heterocycles. The minimum Gasteiger partial charge on any atom is -0.488 e. The summed E-state index contributed by atoms with van der Waals surface area (Å²) in [5.41, 5.74) is 7.34. The van der Waals surface area contributed by atoms with E-state index in [9.17, 15) is 0 Å². The van der Waals surface area contributed by atoms with Gasteiger partial charge in [0, 0.05) is 45.9 Å². The fourth-order valence-corrected chi connectivity index (χ4v) is 4.04. The zero-order valence-electron chi connectivity index (χ0n) is 17.5. The molecular formula is C24H24N6O. The van der Waals surface area contributed by atoms with Crippen LogP contribution in [0, 0.1) is 0 Å². The number of hydrogen-bond donors (Lipinski definition) is 1. The predicted molar refractivity (Wildman–Crippen MR) is 117 cm³/mol. The number of benzene rings is 1. The number of rotatable bonds is 6. The van der Waals surface area contributed by atoms with Crippen molar-refractivity contribution in [3.8, 4) is 28.4 Å². The summed E-state index contributed by atoms with van der Waals surface area (Å²) in [6.07, 6.45) is 7.30. The highest BCUT2D eigenvalue weighted by Gasteiger charge is 2.17. The number of aromatic amines is 1. The second-order valence-electron chi connectivity index (χ2n) is 7.72. The second kappa shape index (κ2) is 8.63. The summed E-state index contributed by atoms with van der Waals surface area (Å²) in [4.78, 5) is 9.49. The van der Waals surface area contributed by atoms with Crippen molar-refractivity contribution in [2.75, 3.05) is 0 Å². The first-order chi connectivity index (χ1) is 15.3. The van der Waals surface area contributed by atoms with E-state index < -0.39 is 0 Å². The molecule has 0 amide bonds. The second-order valence-corrected chi connectivity index (χ2v) is 7.72. The Kier molecular flexibility index (Phi) is 5.39. The van der Waals surface area contributed by atoms with Crippen molar-refractivity contribution in [2.45, 2.75) is 45.6 Å². The van der Waals surface area contributed by atoms with Crippen molar-refractivity contribution in [1.29, 1.82) is 0 Å². The van der Waals surface area contributed by atoms with E-state index in [4.69, 9.17) is 9.72 Å². The van der Waals surface area contributed by atoms with E-state index in [1.807, 2.05) is 36.5 Å². The molecule has 0 atom stereocenters. The Hall–Kier alpha value is -3.61. The summed E-state index contributed by atoms with van der Waals surface area (Å²) in [7, 11) is 0. The van der Waals surface area contributed by atoms with Gasteiger partial charge in [-0.3, -0.25) is 9.97 Å². The SMILES string of the molecule is CCc1cc(OCc2ccc(-c3ccccc3-c3nn[nH]n3)nc2)c2c(n1)CCCC2. The molecule has 0 spiro atoms. The topological polar surface area (TPSA) is 89.5 Å². The van der Waals surface area contributed by atoms with E-state index in [0.717, 1.165) is 53.1 Å². The van der Waals surface area contributed by atoms with Crippen LogP contribution in [0.2, 0.25) is 0 Å². The van der Waals surface area contributed by atoms with Gasteiger partial charge in [-0.25, -0.2) is 0 Å². The summed E-state index contributed by atoms with van der Waals surface area (Å²) < 4.78 is 6.25. The molecular weight excluding hydrogens is 388 g/mol. The lowest BCUT2D eigenvalue weighted by Crippen LogP contribution is -2.10. The van der Waals surface area contributed by atoms with Gasteiger partial charge in [-0.1, -0.05) is 37.3 Å². The van der Waals surface area contributed by atoms with Gasteiger partial charge >= 0.3 is 0 Å². The van der Waals surface area contributed by atoms with Crippen LogP contribution in [0.3, 0.4) is 0 Å². The van der Waals surface area contributed by atoms with Crippen molar-refractivity contribution in [2.24, 2.45) is 0 Å². The number of aryl methyl sites for hydroxylation is 2. The number of nitrogens with one attached hydrogen (secondary N) is 1. The van der Waals surface area contributed by atoms with Gasteiger partial charge in [-0.2, -0.15) is 5.21 Å². The number of tetrazole rings is 1. The number of nitrogens with zero attached hydrogens (tertiary/aromatic N) is 5. The monoisotopic (exact) mass is 412 g/mol. The molecule has 156 valence electrons. The molecule has 1 N–H and O–H groups in total. The van der Waals surface area contributed by atoms with E-state index in [1.54, 1.807) is 0 Å². The lowest BCUT2D eigenvalue weighted by atomic mass is 9.94. The molecule has 0 bridgehead atoms. The summed E-state index contributed by atoms with van der Waals surface area (Å²) in [6.45, 7) is 2.62. The van der Waals surface area contributed by atoms with E-state index in [1.165, 1.54) is 24.1 Å². The Balaban J connectivity index is 1.36. The van der Waals surface area contributed by atoms with Crippen molar-refractivity contribution >= 4 is 0 Å². The molecule has 3 aromatic heterocycles. The first-order valence-electron chi connectivity index (χ1n) is 10.7. The Morgan fingerprint density at radius 3 is 2.68 bits per heavy atom. The predicted octanol–water partition coefficient (Wildman–Crippen LogP) is 4.34. The van der Waals surface area contributed by atoms with Crippen LogP contribution in [0.5, 0.6) is 5.75 Å². The highest BCUT2D eigenvalue weighted by molar-refractivity contribution is 5.78. The Morgan fingerprint density at radius 1 is 1.03 bits per heavy atom. The molecule has 1 aromatic carbocycles. The number of fused-ring (bicyclic) bond motifs is 1. The molecule has 0 aliphatic heterocycles. The van der Waals surface area contributed by atoms with Gasteiger partial charge in [-0.05, 0) is 43.4 Å². The number of H-pyrrole nitrogens is 1. The standard InChI is InChI=1S/C24H24N6O/c1-2-17-13-23(20-9-5-6-10-22(20)26-17)31-15-16-11-12-21(25-14-16)18-7-3-4-8-19(18)24-27-29-30-28-24/h3-4,7-8,11-14H,2,5-6,9-10,15H2,1H3,(H,27,28,29,30). The first kappa shape index (κ1) is 19.4. The quantitative estimate of drug-likeness (QED) is 0.507. The van der Waals surface area contributed by atoms with Crippen LogP contribution in [0.1, 0.15) is 42.3 Å². The molecule has 0 radical (unpaired) electrons. The largest absolute Gasteiger partial charge is 0.488 e.